The number of methoxy groups -OCH3 is 1. The van der Waals surface area contributed by atoms with Gasteiger partial charge in [-0.1, -0.05) is 18.2 Å². The summed E-state index contributed by atoms with van der Waals surface area (Å²) in [6, 6.07) is 13.7. The zero-order valence-electron chi connectivity index (χ0n) is 14.1. The quantitative estimate of drug-likeness (QED) is 0.808. The van der Waals surface area contributed by atoms with E-state index < -0.39 is 0 Å². The molecular formula is C19H25N3O2. The highest BCUT2D eigenvalue weighted by molar-refractivity contribution is 5.39. The van der Waals surface area contributed by atoms with Gasteiger partial charge < -0.3 is 14.8 Å². The summed E-state index contributed by atoms with van der Waals surface area (Å²) in [7, 11) is 1.67. The number of nitrogens with one attached hydrogen (secondary N) is 1. The SMILES string of the molecule is COc1ccccc1OCCN1CC[C@@H](CNc2ccccn2)C1. The molecule has 0 radical (unpaired) electrons. The molecule has 0 unspecified atom stereocenters. The molecule has 0 saturated carbocycles. The predicted octanol–water partition coefficient (Wildman–Crippen LogP) is 2.90. The molecule has 1 aliphatic heterocycles. The molecule has 5 heteroatoms. The number of hydrogen-bond acceptors (Lipinski definition) is 5. The van der Waals surface area contributed by atoms with Crippen molar-refractivity contribution in [3.05, 3.63) is 48.7 Å². The van der Waals surface area contributed by atoms with E-state index in [1.807, 2.05) is 48.7 Å². The first-order valence-corrected chi connectivity index (χ1v) is 8.48. The Labute approximate surface area is 143 Å². The van der Waals surface area contributed by atoms with Gasteiger partial charge in [0.15, 0.2) is 11.5 Å². The van der Waals surface area contributed by atoms with Gasteiger partial charge in [0.2, 0.25) is 0 Å². The predicted molar refractivity (Wildman–Crippen MR) is 95.8 cm³/mol. The van der Waals surface area contributed by atoms with Crippen LogP contribution in [0.25, 0.3) is 0 Å². The minimum Gasteiger partial charge on any atom is -0.493 e. The fourth-order valence-corrected chi connectivity index (χ4v) is 3.02. The van der Waals surface area contributed by atoms with Crippen molar-refractivity contribution >= 4 is 5.82 Å². The summed E-state index contributed by atoms with van der Waals surface area (Å²) in [5, 5.41) is 3.42. The molecule has 1 saturated heterocycles. The first kappa shape index (κ1) is 16.6. The first-order chi connectivity index (χ1) is 11.8. The van der Waals surface area contributed by atoms with E-state index in [2.05, 4.69) is 15.2 Å². The number of para-hydroxylation sites is 2. The lowest BCUT2D eigenvalue weighted by Crippen LogP contribution is -2.27. The number of likely N-dealkylation sites (tertiary alicyclic amines) is 1. The van der Waals surface area contributed by atoms with Crippen LogP contribution in [0.3, 0.4) is 0 Å². The van der Waals surface area contributed by atoms with Crippen LogP contribution in [0.15, 0.2) is 48.7 Å². The maximum Gasteiger partial charge on any atom is 0.161 e. The van der Waals surface area contributed by atoms with Gasteiger partial charge in [-0.15, -0.1) is 0 Å². The van der Waals surface area contributed by atoms with Gasteiger partial charge in [0.25, 0.3) is 0 Å². The van der Waals surface area contributed by atoms with Crippen molar-refractivity contribution in [1.29, 1.82) is 0 Å². The van der Waals surface area contributed by atoms with E-state index in [4.69, 9.17) is 9.47 Å². The van der Waals surface area contributed by atoms with Gasteiger partial charge in [-0.25, -0.2) is 4.98 Å². The summed E-state index contributed by atoms with van der Waals surface area (Å²) < 4.78 is 11.2. The zero-order valence-corrected chi connectivity index (χ0v) is 14.1. The molecule has 24 heavy (non-hydrogen) atoms. The lowest BCUT2D eigenvalue weighted by atomic mass is 10.1. The van der Waals surface area contributed by atoms with Gasteiger partial charge in [-0.2, -0.15) is 0 Å². The van der Waals surface area contributed by atoms with Crippen LogP contribution in [0.5, 0.6) is 11.5 Å². The Morgan fingerprint density at radius 2 is 2.00 bits per heavy atom. The molecule has 1 aromatic heterocycles. The Morgan fingerprint density at radius 1 is 1.17 bits per heavy atom. The van der Waals surface area contributed by atoms with Crippen molar-refractivity contribution in [1.82, 2.24) is 9.88 Å². The monoisotopic (exact) mass is 327 g/mol. The second-order valence-corrected chi connectivity index (χ2v) is 6.05. The van der Waals surface area contributed by atoms with Crippen LogP contribution in [0.4, 0.5) is 5.82 Å². The molecule has 128 valence electrons. The summed E-state index contributed by atoms with van der Waals surface area (Å²) >= 11 is 0. The zero-order chi connectivity index (χ0) is 16.6. The first-order valence-electron chi connectivity index (χ1n) is 8.48. The molecule has 2 aromatic rings. The third-order valence-electron chi connectivity index (χ3n) is 4.34. The maximum atomic E-state index is 5.86. The van der Waals surface area contributed by atoms with E-state index >= 15 is 0 Å². The van der Waals surface area contributed by atoms with Gasteiger partial charge in [0.05, 0.1) is 7.11 Å². The molecule has 3 rings (SSSR count). The number of nitrogens with zero attached hydrogens (tertiary/aromatic N) is 2. The molecule has 5 nitrogen and oxygen atoms in total. The Kier molecular flexibility index (Phi) is 5.90. The van der Waals surface area contributed by atoms with E-state index in [-0.39, 0.29) is 0 Å². The average Bonchev–Trinajstić information content (AvgIpc) is 3.09. The molecule has 0 bridgehead atoms. The molecule has 1 N–H and O–H groups in total. The van der Waals surface area contributed by atoms with Crippen molar-refractivity contribution in [3.8, 4) is 11.5 Å². The highest BCUT2D eigenvalue weighted by Gasteiger charge is 2.22. The Bertz CT molecular complexity index is 621. The molecule has 1 fully saturated rings. The van der Waals surface area contributed by atoms with Crippen molar-refractivity contribution in [2.24, 2.45) is 5.92 Å². The standard InChI is InChI=1S/C19H25N3O2/c1-23-17-6-2-3-7-18(17)24-13-12-22-11-9-16(15-22)14-21-19-8-4-5-10-20-19/h2-8,10,16H,9,11-15H2,1H3,(H,20,21)/t16-/m0/s1. The molecule has 2 heterocycles. The molecular weight excluding hydrogens is 302 g/mol. The molecule has 1 aliphatic rings. The number of pyridine rings is 1. The number of aromatic nitrogens is 1. The highest BCUT2D eigenvalue weighted by Crippen LogP contribution is 2.25. The number of hydrogen-bond donors (Lipinski definition) is 1. The number of ether oxygens (including phenoxy) is 2. The topological polar surface area (TPSA) is 46.6 Å². The van der Waals surface area contributed by atoms with Crippen molar-refractivity contribution in [3.63, 3.8) is 0 Å². The molecule has 0 amide bonds. The fraction of sp³-hybridized carbons (Fsp3) is 0.421. The lowest BCUT2D eigenvalue weighted by molar-refractivity contribution is 0.226. The normalized spacial score (nSPS) is 17.6. The van der Waals surface area contributed by atoms with E-state index in [9.17, 15) is 0 Å². The van der Waals surface area contributed by atoms with Crippen LogP contribution in [0, 0.1) is 5.92 Å². The van der Waals surface area contributed by atoms with Crippen molar-refractivity contribution < 1.29 is 9.47 Å². The Morgan fingerprint density at radius 3 is 2.79 bits per heavy atom. The molecule has 1 atom stereocenters. The summed E-state index contributed by atoms with van der Waals surface area (Å²) in [6.45, 7) is 4.83. The smallest absolute Gasteiger partial charge is 0.161 e. The summed E-state index contributed by atoms with van der Waals surface area (Å²) in [4.78, 5) is 6.76. The lowest BCUT2D eigenvalue weighted by Gasteiger charge is -2.17. The van der Waals surface area contributed by atoms with Crippen molar-refractivity contribution in [2.45, 2.75) is 6.42 Å². The molecule has 1 aromatic carbocycles. The van der Waals surface area contributed by atoms with Crippen LogP contribution in [0.1, 0.15) is 6.42 Å². The summed E-state index contributed by atoms with van der Waals surface area (Å²) in [6.07, 6.45) is 3.03. The molecule has 0 aliphatic carbocycles. The van der Waals surface area contributed by atoms with Crippen LogP contribution >= 0.6 is 0 Å². The van der Waals surface area contributed by atoms with E-state index in [0.717, 1.165) is 43.5 Å². The second-order valence-electron chi connectivity index (χ2n) is 6.05. The van der Waals surface area contributed by atoms with Gasteiger partial charge in [0.1, 0.15) is 12.4 Å². The summed E-state index contributed by atoms with van der Waals surface area (Å²) in [5.74, 6) is 3.22. The summed E-state index contributed by atoms with van der Waals surface area (Å²) in [5.41, 5.74) is 0. The van der Waals surface area contributed by atoms with Crippen LogP contribution in [-0.4, -0.2) is 49.8 Å². The highest BCUT2D eigenvalue weighted by atomic mass is 16.5. The van der Waals surface area contributed by atoms with E-state index in [1.54, 1.807) is 7.11 Å². The van der Waals surface area contributed by atoms with E-state index in [1.165, 1.54) is 6.42 Å². The Balaban J connectivity index is 1.37. The van der Waals surface area contributed by atoms with Gasteiger partial charge in [0, 0.05) is 25.8 Å². The number of anilines is 1. The number of benzene rings is 1. The largest absolute Gasteiger partial charge is 0.493 e. The van der Waals surface area contributed by atoms with E-state index in [0.29, 0.717) is 12.5 Å². The Hall–Kier alpha value is -2.27. The van der Waals surface area contributed by atoms with Crippen molar-refractivity contribution in [2.75, 3.05) is 45.2 Å². The average molecular weight is 327 g/mol. The third-order valence-corrected chi connectivity index (χ3v) is 4.34. The fourth-order valence-electron chi connectivity index (χ4n) is 3.02. The van der Waals surface area contributed by atoms with Crippen LogP contribution in [-0.2, 0) is 0 Å². The number of rotatable bonds is 8. The van der Waals surface area contributed by atoms with Crippen LogP contribution < -0.4 is 14.8 Å². The minimum absolute atomic E-state index is 0.665. The van der Waals surface area contributed by atoms with Gasteiger partial charge >= 0.3 is 0 Å². The minimum atomic E-state index is 0.665. The maximum absolute atomic E-state index is 5.86. The third kappa shape index (κ3) is 4.61. The van der Waals surface area contributed by atoms with Gasteiger partial charge in [-0.3, -0.25) is 4.90 Å². The molecule has 0 spiro atoms. The van der Waals surface area contributed by atoms with Crippen LogP contribution in [0.2, 0.25) is 0 Å². The second kappa shape index (κ2) is 8.55. The van der Waals surface area contributed by atoms with Gasteiger partial charge in [-0.05, 0) is 43.1 Å².